The van der Waals surface area contributed by atoms with E-state index in [4.69, 9.17) is 11.2 Å². The number of halogens is 1. The molecule has 20 heavy (non-hydrogen) atoms. The zero-order valence-corrected chi connectivity index (χ0v) is 14.2. The molecule has 0 aromatic heterocycles. The molecule has 0 bridgehead atoms. The van der Waals surface area contributed by atoms with Gasteiger partial charge in [-0.1, -0.05) is 35.7 Å². The van der Waals surface area contributed by atoms with Crippen molar-refractivity contribution in [1.29, 1.82) is 0 Å². The maximum Gasteiger partial charge on any atom is 0.148 e. The molecule has 0 saturated carbocycles. The third-order valence-electron chi connectivity index (χ3n) is 3.15. The van der Waals surface area contributed by atoms with E-state index in [0.29, 0.717) is 12.6 Å². The van der Waals surface area contributed by atoms with E-state index in [1.807, 2.05) is 12.1 Å². The molecule has 1 N–H and O–H groups in total. The van der Waals surface area contributed by atoms with Crippen molar-refractivity contribution in [3.63, 3.8) is 0 Å². The lowest BCUT2D eigenvalue weighted by molar-refractivity contribution is 0.362. The van der Waals surface area contributed by atoms with Crippen molar-refractivity contribution in [3.05, 3.63) is 28.2 Å². The molecule has 0 aliphatic heterocycles. The van der Waals surface area contributed by atoms with E-state index < -0.39 is 0 Å². The highest BCUT2D eigenvalue weighted by Crippen LogP contribution is 2.23. The second-order valence-corrected chi connectivity index (χ2v) is 6.41. The van der Waals surface area contributed by atoms with Crippen LogP contribution in [0.3, 0.4) is 0 Å². The van der Waals surface area contributed by atoms with Gasteiger partial charge in [0.15, 0.2) is 0 Å². The minimum atomic E-state index is 0.303. The Bertz CT molecular complexity index is 451. The highest BCUT2D eigenvalue weighted by molar-refractivity contribution is 9.10. The average Bonchev–Trinajstić information content (AvgIpc) is 2.41. The Morgan fingerprint density at radius 3 is 2.70 bits per heavy atom. The molecular weight excluding hydrogens is 314 g/mol. The molecule has 3 heteroatoms. The molecule has 0 fully saturated rings. The molecule has 1 rings (SSSR count). The van der Waals surface area contributed by atoms with Crippen LogP contribution < -0.4 is 10.1 Å². The highest BCUT2D eigenvalue weighted by atomic mass is 79.9. The molecule has 0 spiro atoms. The summed E-state index contributed by atoms with van der Waals surface area (Å²) in [4.78, 5) is 0. The summed E-state index contributed by atoms with van der Waals surface area (Å²) in [5.41, 5.74) is 1.13. The summed E-state index contributed by atoms with van der Waals surface area (Å²) >= 11 is 3.50. The monoisotopic (exact) mass is 337 g/mol. The molecule has 0 saturated heterocycles. The molecule has 1 unspecified atom stereocenters. The average molecular weight is 338 g/mol. The normalized spacial score (nSPS) is 12.2. The van der Waals surface area contributed by atoms with Crippen molar-refractivity contribution in [2.24, 2.45) is 5.92 Å². The maximum absolute atomic E-state index is 5.57. The predicted octanol–water partition coefficient (Wildman–Crippen LogP) is 4.38. The molecule has 1 atom stereocenters. The van der Waals surface area contributed by atoms with Gasteiger partial charge < -0.3 is 10.1 Å². The number of hydrogen-bond acceptors (Lipinski definition) is 2. The molecule has 1 aromatic rings. The minimum Gasteiger partial charge on any atom is -0.481 e. The number of benzene rings is 1. The molecule has 0 aliphatic rings. The van der Waals surface area contributed by atoms with Crippen LogP contribution in [-0.2, 0) is 6.54 Å². The number of terminal acetylenes is 1. The first-order valence-corrected chi connectivity index (χ1v) is 7.90. The molecule has 1 aromatic carbocycles. The summed E-state index contributed by atoms with van der Waals surface area (Å²) in [7, 11) is 0. The van der Waals surface area contributed by atoms with Gasteiger partial charge in [-0.05, 0) is 43.9 Å². The van der Waals surface area contributed by atoms with Gasteiger partial charge in [-0.25, -0.2) is 0 Å². The first-order valence-electron chi connectivity index (χ1n) is 7.11. The molecule has 0 amide bonds. The molecule has 2 nitrogen and oxygen atoms in total. The third kappa shape index (κ3) is 6.45. The zero-order chi connectivity index (χ0) is 15.0. The Hall–Kier alpha value is -0.980. The first-order chi connectivity index (χ1) is 9.52. The lowest BCUT2D eigenvalue weighted by Crippen LogP contribution is -2.26. The Morgan fingerprint density at radius 2 is 2.05 bits per heavy atom. The van der Waals surface area contributed by atoms with Gasteiger partial charge in [0.25, 0.3) is 0 Å². The van der Waals surface area contributed by atoms with Crippen LogP contribution in [0.25, 0.3) is 0 Å². The highest BCUT2D eigenvalue weighted by Gasteiger charge is 2.07. The van der Waals surface area contributed by atoms with Crippen molar-refractivity contribution in [2.75, 3.05) is 6.61 Å². The van der Waals surface area contributed by atoms with Crippen LogP contribution in [0.2, 0.25) is 0 Å². The Morgan fingerprint density at radius 1 is 1.30 bits per heavy atom. The fourth-order valence-corrected chi connectivity index (χ4v) is 2.32. The zero-order valence-electron chi connectivity index (χ0n) is 12.6. The van der Waals surface area contributed by atoms with E-state index in [-0.39, 0.29) is 0 Å². The van der Waals surface area contributed by atoms with Crippen molar-refractivity contribution in [1.82, 2.24) is 5.32 Å². The quantitative estimate of drug-likeness (QED) is 0.711. The second kappa shape index (κ2) is 9.05. The number of ether oxygens (including phenoxy) is 1. The van der Waals surface area contributed by atoms with E-state index in [1.165, 1.54) is 12.8 Å². The Kier molecular flexibility index (Phi) is 7.72. The lowest BCUT2D eigenvalue weighted by atomic mass is 10.0. The number of hydrogen-bond donors (Lipinski definition) is 1. The van der Waals surface area contributed by atoms with E-state index >= 15 is 0 Å². The summed E-state index contributed by atoms with van der Waals surface area (Å²) in [5.74, 6) is 4.11. The molecule has 0 aliphatic carbocycles. The van der Waals surface area contributed by atoms with Crippen LogP contribution in [0.15, 0.2) is 22.7 Å². The maximum atomic E-state index is 5.57. The Labute approximate surface area is 131 Å². The fraction of sp³-hybridized carbons (Fsp3) is 0.529. The second-order valence-electron chi connectivity index (χ2n) is 5.50. The Balaban J connectivity index is 2.57. The van der Waals surface area contributed by atoms with Gasteiger partial charge in [-0.2, -0.15) is 0 Å². The standard InChI is InChI=1S/C17H24BrNO/c1-5-10-20-17-9-8-16(18)11-15(17)12-19-14(4)7-6-13(2)3/h1,8-9,11,13-14,19H,6-7,10,12H2,2-4H3. The molecule has 110 valence electrons. The summed E-state index contributed by atoms with van der Waals surface area (Å²) in [6.45, 7) is 7.83. The van der Waals surface area contributed by atoms with Gasteiger partial charge in [-0.15, -0.1) is 6.42 Å². The van der Waals surface area contributed by atoms with E-state index in [1.54, 1.807) is 0 Å². The summed E-state index contributed by atoms with van der Waals surface area (Å²) in [5, 5.41) is 3.55. The van der Waals surface area contributed by atoms with Crippen LogP contribution in [0.5, 0.6) is 5.75 Å². The van der Waals surface area contributed by atoms with Crippen molar-refractivity contribution in [3.8, 4) is 18.1 Å². The van der Waals surface area contributed by atoms with E-state index in [0.717, 1.165) is 28.2 Å². The molecular formula is C17H24BrNO. The van der Waals surface area contributed by atoms with Gasteiger partial charge in [0.1, 0.15) is 12.4 Å². The fourth-order valence-electron chi connectivity index (χ4n) is 1.92. The van der Waals surface area contributed by atoms with Crippen molar-refractivity contribution < 1.29 is 4.74 Å². The largest absolute Gasteiger partial charge is 0.481 e. The predicted molar refractivity (Wildman–Crippen MR) is 88.8 cm³/mol. The van der Waals surface area contributed by atoms with Gasteiger partial charge in [0.2, 0.25) is 0 Å². The summed E-state index contributed by atoms with van der Waals surface area (Å²) in [6, 6.07) is 6.50. The lowest BCUT2D eigenvalue weighted by Gasteiger charge is -2.17. The van der Waals surface area contributed by atoms with Crippen LogP contribution in [-0.4, -0.2) is 12.6 Å². The van der Waals surface area contributed by atoms with Crippen LogP contribution in [0.1, 0.15) is 39.2 Å². The van der Waals surface area contributed by atoms with Crippen molar-refractivity contribution >= 4 is 15.9 Å². The van der Waals surface area contributed by atoms with Crippen LogP contribution in [0, 0.1) is 18.3 Å². The summed E-state index contributed by atoms with van der Waals surface area (Å²) < 4.78 is 6.63. The smallest absolute Gasteiger partial charge is 0.148 e. The van der Waals surface area contributed by atoms with E-state index in [2.05, 4.69) is 54.0 Å². The first kappa shape index (κ1) is 17.1. The third-order valence-corrected chi connectivity index (χ3v) is 3.64. The van der Waals surface area contributed by atoms with E-state index in [9.17, 15) is 0 Å². The minimum absolute atomic E-state index is 0.303. The van der Waals surface area contributed by atoms with Gasteiger partial charge in [0.05, 0.1) is 0 Å². The summed E-state index contributed by atoms with van der Waals surface area (Å²) in [6.07, 6.45) is 7.68. The number of rotatable bonds is 8. The van der Waals surface area contributed by atoms with Crippen LogP contribution >= 0.6 is 15.9 Å². The van der Waals surface area contributed by atoms with Crippen molar-refractivity contribution in [2.45, 2.75) is 46.2 Å². The van der Waals surface area contributed by atoms with Gasteiger partial charge >= 0.3 is 0 Å². The van der Waals surface area contributed by atoms with Gasteiger partial charge in [-0.3, -0.25) is 0 Å². The van der Waals surface area contributed by atoms with Crippen LogP contribution in [0.4, 0.5) is 0 Å². The molecule has 0 radical (unpaired) electrons. The SMILES string of the molecule is C#CCOc1ccc(Br)cc1CNC(C)CCC(C)C. The molecule has 0 heterocycles. The van der Waals surface area contributed by atoms with Gasteiger partial charge in [0, 0.05) is 22.6 Å². The topological polar surface area (TPSA) is 21.3 Å². The number of nitrogens with one attached hydrogen (secondary N) is 1.